The fourth-order valence-corrected chi connectivity index (χ4v) is 2.23. The van der Waals surface area contributed by atoms with Crippen LogP contribution in [0, 0.1) is 0 Å². The molecule has 4 nitrogen and oxygen atoms in total. The molecule has 1 atom stereocenters. The lowest BCUT2D eigenvalue weighted by atomic mass is 10.1. The minimum Gasteiger partial charge on any atom is -0.314 e. The number of hydrogen-bond donors (Lipinski definition) is 1. The summed E-state index contributed by atoms with van der Waals surface area (Å²) in [5.74, 6) is 0. The lowest BCUT2D eigenvalue weighted by Crippen LogP contribution is -2.35. The monoisotopic (exact) mass is 266 g/mol. The molecule has 1 unspecified atom stereocenters. The van der Waals surface area contributed by atoms with Crippen molar-refractivity contribution in [1.29, 1.82) is 0 Å². The van der Waals surface area contributed by atoms with Crippen LogP contribution in [0.1, 0.15) is 38.1 Å². The molecule has 0 fully saturated rings. The van der Waals surface area contributed by atoms with Crippen LogP contribution in [0.4, 0.5) is 0 Å². The summed E-state index contributed by atoms with van der Waals surface area (Å²) in [5.41, 5.74) is 2.53. The fraction of sp³-hybridized carbons (Fsp3) is 0.800. The molecule has 19 heavy (non-hydrogen) atoms. The first-order valence-electron chi connectivity index (χ1n) is 7.46. The maximum absolute atomic E-state index is 4.54. The van der Waals surface area contributed by atoms with Crippen LogP contribution in [0.2, 0.25) is 0 Å². The van der Waals surface area contributed by atoms with E-state index in [0.717, 1.165) is 25.9 Å². The molecule has 110 valence electrons. The van der Waals surface area contributed by atoms with Crippen molar-refractivity contribution >= 4 is 0 Å². The lowest BCUT2D eigenvalue weighted by molar-refractivity contribution is 0.354. The van der Waals surface area contributed by atoms with E-state index in [1.165, 1.54) is 24.2 Å². The summed E-state index contributed by atoms with van der Waals surface area (Å²) in [4.78, 5) is 2.25. The van der Waals surface area contributed by atoms with E-state index >= 15 is 0 Å². The molecule has 0 saturated heterocycles. The first kappa shape index (κ1) is 16.2. The number of hydrogen-bond acceptors (Lipinski definition) is 3. The molecule has 1 aromatic rings. The van der Waals surface area contributed by atoms with E-state index < -0.39 is 0 Å². The normalized spacial score (nSPS) is 13.2. The molecule has 1 heterocycles. The second-order valence-corrected chi connectivity index (χ2v) is 5.55. The summed E-state index contributed by atoms with van der Waals surface area (Å²) < 4.78 is 2.04. The van der Waals surface area contributed by atoms with Crippen molar-refractivity contribution in [2.24, 2.45) is 7.05 Å². The maximum Gasteiger partial charge on any atom is 0.0624 e. The number of nitrogens with zero attached hydrogens (tertiary/aromatic N) is 3. The van der Waals surface area contributed by atoms with Crippen molar-refractivity contribution in [3.05, 3.63) is 17.5 Å². The third-order valence-electron chi connectivity index (χ3n) is 3.45. The van der Waals surface area contributed by atoms with E-state index in [0.29, 0.717) is 6.04 Å². The van der Waals surface area contributed by atoms with Gasteiger partial charge in [-0.15, -0.1) is 0 Å². The van der Waals surface area contributed by atoms with Crippen LogP contribution in [0.3, 0.4) is 0 Å². The van der Waals surface area contributed by atoms with Crippen LogP contribution in [0.25, 0.3) is 0 Å². The van der Waals surface area contributed by atoms with Crippen LogP contribution in [-0.2, 0) is 19.9 Å². The molecule has 0 bridgehead atoms. The van der Waals surface area contributed by atoms with E-state index in [9.17, 15) is 0 Å². The average Bonchev–Trinajstić information content (AvgIpc) is 2.73. The second-order valence-electron chi connectivity index (χ2n) is 5.55. The van der Waals surface area contributed by atoms with Crippen molar-refractivity contribution in [3.8, 4) is 0 Å². The van der Waals surface area contributed by atoms with Gasteiger partial charge in [-0.25, -0.2) is 0 Å². The van der Waals surface area contributed by atoms with Crippen LogP contribution in [0.5, 0.6) is 0 Å². The van der Waals surface area contributed by atoms with Gasteiger partial charge in [-0.2, -0.15) is 5.10 Å². The molecule has 0 aromatic carbocycles. The van der Waals surface area contributed by atoms with E-state index in [1.807, 2.05) is 4.68 Å². The smallest absolute Gasteiger partial charge is 0.0624 e. The molecule has 0 radical (unpaired) electrons. The SMILES string of the molecule is CCCNC(CCN(C)C)Cc1cc(CC)nn1C. The lowest BCUT2D eigenvalue weighted by Gasteiger charge is -2.20. The number of nitrogens with one attached hydrogen (secondary N) is 1. The van der Waals surface area contributed by atoms with Crippen LogP contribution in [-0.4, -0.2) is 47.9 Å². The van der Waals surface area contributed by atoms with Crippen molar-refractivity contribution in [3.63, 3.8) is 0 Å². The number of aryl methyl sites for hydroxylation is 2. The Morgan fingerprint density at radius 2 is 2.11 bits per heavy atom. The first-order valence-corrected chi connectivity index (χ1v) is 7.46. The molecule has 0 amide bonds. The molecule has 0 aliphatic rings. The van der Waals surface area contributed by atoms with Gasteiger partial charge in [0.1, 0.15) is 0 Å². The Bertz CT molecular complexity index is 357. The molecule has 4 heteroatoms. The van der Waals surface area contributed by atoms with Crippen molar-refractivity contribution in [2.45, 2.75) is 45.6 Å². The van der Waals surface area contributed by atoms with Gasteiger partial charge in [-0.05, 0) is 52.5 Å². The minimum atomic E-state index is 0.544. The Balaban J connectivity index is 2.60. The Morgan fingerprint density at radius 3 is 2.63 bits per heavy atom. The molecular formula is C15H30N4. The van der Waals surface area contributed by atoms with Gasteiger partial charge in [0.25, 0.3) is 0 Å². The standard InChI is InChI=1S/C15H30N4/c1-6-9-16-14(8-10-18(3)4)12-15-11-13(7-2)17-19(15)5/h11,14,16H,6-10,12H2,1-5H3. The quantitative estimate of drug-likeness (QED) is 0.740. The van der Waals surface area contributed by atoms with Gasteiger partial charge < -0.3 is 10.2 Å². The highest BCUT2D eigenvalue weighted by molar-refractivity contribution is 5.11. The Hall–Kier alpha value is -0.870. The summed E-state index contributed by atoms with van der Waals surface area (Å²) in [6.07, 6.45) is 4.44. The van der Waals surface area contributed by atoms with Gasteiger partial charge >= 0.3 is 0 Å². The summed E-state index contributed by atoms with van der Waals surface area (Å²) in [7, 11) is 6.32. The highest BCUT2D eigenvalue weighted by Crippen LogP contribution is 2.09. The average molecular weight is 266 g/mol. The molecule has 1 N–H and O–H groups in total. The van der Waals surface area contributed by atoms with Crippen molar-refractivity contribution < 1.29 is 0 Å². The maximum atomic E-state index is 4.54. The summed E-state index contributed by atoms with van der Waals surface area (Å²) in [6.45, 7) is 6.59. The van der Waals surface area contributed by atoms with E-state index in [1.54, 1.807) is 0 Å². The fourth-order valence-electron chi connectivity index (χ4n) is 2.23. The van der Waals surface area contributed by atoms with Crippen LogP contribution < -0.4 is 5.32 Å². The van der Waals surface area contributed by atoms with Crippen molar-refractivity contribution in [2.75, 3.05) is 27.2 Å². The zero-order chi connectivity index (χ0) is 14.3. The van der Waals surface area contributed by atoms with Gasteiger partial charge in [-0.3, -0.25) is 4.68 Å². The molecule has 0 aliphatic heterocycles. The topological polar surface area (TPSA) is 33.1 Å². The Morgan fingerprint density at radius 1 is 1.37 bits per heavy atom. The van der Waals surface area contributed by atoms with Crippen LogP contribution >= 0.6 is 0 Å². The number of aromatic nitrogens is 2. The molecular weight excluding hydrogens is 236 g/mol. The highest BCUT2D eigenvalue weighted by Gasteiger charge is 2.12. The molecule has 0 aliphatic carbocycles. The molecule has 1 aromatic heterocycles. The molecule has 0 spiro atoms. The van der Waals surface area contributed by atoms with Crippen LogP contribution in [0.15, 0.2) is 6.07 Å². The summed E-state index contributed by atoms with van der Waals surface area (Å²) in [6, 6.07) is 2.79. The third-order valence-corrected chi connectivity index (χ3v) is 3.45. The van der Waals surface area contributed by atoms with Gasteiger partial charge in [0.15, 0.2) is 0 Å². The summed E-state index contributed by atoms with van der Waals surface area (Å²) in [5, 5.41) is 8.20. The Kier molecular flexibility index (Phi) is 7.10. The second kappa shape index (κ2) is 8.33. The largest absolute Gasteiger partial charge is 0.314 e. The summed E-state index contributed by atoms with van der Waals surface area (Å²) >= 11 is 0. The zero-order valence-corrected chi connectivity index (χ0v) is 13.2. The third kappa shape index (κ3) is 5.74. The van der Waals surface area contributed by atoms with Gasteiger partial charge in [0.2, 0.25) is 0 Å². The van der Waals surface area contributed by atoms with E-state index in [4.69, 9.17) is 0 Å². The van der Waals surface area contributed by atoms with Crippen molar-refractivity contribution in [1.82, 2.24) is 20.0 Å². The number of rotatable bonds is 9. The molecule has 0 saturated carbocycles. The van der Waals surface area contributed by atoms with E-state index in [-0.39, 0.29) is 0 Å². The molecule has 1 rings (SSSR count). The predicted octanol–water partition coefficient (Wildman–Crippen LogP) is 1.84. The van der Waals surface area contributed by atoms with Gasteiger partial charge in [0.05, 0.1) is 5.69 Å². The Labute approximate surface area is 118 Å². The van der Waals surface area contributed by atoms with Gasteiger partial charge in [-0.1, -0.05) is 13.8 Å². The first-order chi connectivity index (χ1) is 9.06. The van der Waals surface area contributed by atoms with Gasteiger partial charge in [0, 0.05) is 25.2 Å². The zero-order valence-electron chi connectivity index (χ0n) is 13.2. The van der Waals surface area contributed by atoms with E-state index in [2.05, 4.69) is 56.4 Å². The minimum absolute atomic E-state index is 0.544. The predicted molar refractivity (Wildman–Crippen MR) is 81.5 cm³/mol. The highest BCUT2D eigenvalue weighted by atomic mass is 15.3.